The van der Waals surface area contributed by atoms with Gasteiger partial charge in [-0.25, -0.2) is 4.79 Å². The van der Waals surface area contributed by atoms with Gasteiger partial charge >= 0.3 is 6.09 Å². The highest BCUT2D eigenvalue weighted by Crippen LogP contribution is 2.62. The largest absolute Gasteiger partial charge is 0.459 e. The number of benzene rings is 2. The summed E-state index contributed by atoms with van der Waals surface area (Å²) in [6.45, 7) is 15.6. The number of carbonyl (C=O) groups excluding carboxylic acids is 1. The molecule has 3 aliphatic rings. The standard InChI is InChI=1S/C45H64N2O8S/c1-8-23-47(43(50)51-30-44(4,5)6)40-29-38(46-53-10-3)36-27-31(15-11-13-24-48)35(16-12-14-25-49)41-37-28-33(54-32-17-20-34(56-7)21-18-32)19-22-39(37)55-45(40,42(36)41)52-26-9-2/h9,17-22,27-28,31,35,40-42,48-49H,2,8,10-16,23-26,29-30H2,1,3-7H3. The predicted octanol–water partition coefficient (Wildman–Crippen LogP) is 9.75. The fourth-order valence-electron chi connectivity index (χ4n) is 8.61. The molecule has 1 heterocycles. The Kier molecular flexibility index (Phi) is 15.8. The third-order valence-corrected chi connectivity index (χ3v) is 11.7. The highest BCUT2D eigenvalue weighted by molar-refractivity contribution is 7.98. The van der Waals surface area contributed by atoms with E-state index in [1.54, 1.807) is 22.7 Å². The highest BCUT2D eigenvalue weighted by atomic mass is 32.2. The van der Waals surface area contributed by atoms with Gasteiger partial charge in [-0.3, -0.25) is 4.90 Å². The van der Waals surface area contributed by atoms with Crippen LogP contribution in [0.3, 0.4) is 0 Å². The molecule has 1 amide bonds. The molecule has 0 saturated heterocycles. The maximum atomic E-state index is 14.3. The lowest BCUT2D eigenvalue weighted by Crippen LogP contribution is -2.70. The molecule has 1 saturated carbocycles. The first-order valence-corrected chi connectivity index (χ1v) is 21.7. The Morgan fingerprint density at radius 1 is 1.05 bits per heavy atom. The minimum atomic E-state index is -1.33. The lowest BCUT2D eigenvalue weighted by Gasteiger charge is -2.60. The van der Waals surface area contributed by atoms with Crippen molar-refractivity contribution in [2.75, 3.05) is 45.8 Å². The van der Waals surface area contributed by atoms with Gasteiger partial charge < -0.3 is 34.0 Å². The van der Waals surface area contributed by atoms with Crippen LogP contribution in [-0.4, -0.2) is 84.6 Å². The molecule has 0 bridgehead atoms. The lowest BCUT2D eigenvalue weighted by atomic mass is 9.55. The number of hydrogen-bond acceptors (Lipinski definition) is 10. The third kappa shape index (κ3) is 10.1. The first kappa shape index (κ1) is 43.6. The second-order valence-electron chi connectivity index (χ2n) is 16.3. The number of allylic oxidation sites excluding steroid dienone is 1. The zero-order valence-electron chi connectivity index (χ0n) is 34.3. The zero-order chi connectivity index (χ0) is 40.3. The minimum absolute atomic E-state index is 0.110. The number of ether oxygens (including phenoxy) is 4. The molecule has 10 nitrogen and oxygen atoms in total. The van der Waals surface area contributed by atoms with Gasteiger partial charge in [0.15, 0.2) is 0 Å². The molecule has 6 atom stereocenters. The molecule has 2 aliphatic carbocycles. The Labute approximate surface area is 338 Å². The van der Waals surface area contributed by atoms with E-state index in [2.05, 4.69) is 44.0 Å². The number of unbranched alkanes of at least 4 members (excludes halogenated alkanes) is 2. The second kappa shape index (κ2) is 20.3. The van der Waals surface area contributed by atoms with Crippen LogP contribution < -0.4 is 9.47 Å². The summed E-state index contributed by atoms with van der Waals surface area (Å²) in [4.78, 5) is 23.1. The summed E-state index contributed by atoms with van der Waals surface area (Å²) in [5.74, 6) is 0.479. The average Bonchev–Trinajstić information content (AvgIpc) is 3.19. The van der Waals surface area contributed by atoms with E-state index in [4.69, 9.17) is 28.9 Å². The van der Waals surface area contributed by atoms with Crippen molar-refractivity contribution in [3.8, 4) is 17.2 Å². The van der Waals surface area contributed by atoms with Crippen LogP contribution in [0.25, 0.3) is 0 Å². The molecule has 0 aromatic heterocycles. The summed E-state index contributed by atoms with van der Waals surface area (Å²) in [7, 11) is 0. The van der Waals surface area contributed by atoms with Gasteiger partial charge in [-0.1, -0.05) is 57.8 Å². The lowest BCUT2D eigenvalue weighted by molar-refractivity contribution is -0.255. The topological polar surface area (TPSA) is 119 Å². The van der Waals surface area contributed by atoms with E-state index >= 15 is 0 Å². The van der Waals surface area contributed by atoms with Crippen LogP contribution in [0.15, 0.2) is 76.8 Å². The first-order chi connectivity index (χ1) is 27.0. The number of amides is 1. The van der Waals surface area contributed by atoms with Crippen LogP contribution in [0.1, 0.15) is 97.5 Å². The Hall–Kier alpha value is -3.51. The fraction of sp³-hybridized carbons (Fsp3) is 0.600. The molecule has 308 valence electrons. The van der Waals surface area contributed by atoms with Gasteiger partial charge in [0, 0.05) is 42.6 Å². The molecule has 2 aromatic rings. The molecule has 11 heteroatoms. The van der Waals surface area contributed by atoms with E-state index in [-0.39, 0.29) is 49.6 Å². The van der Waals surface area contributed by atoms with E-state index in [0.717, 1.165) is 53.2 Å². The molecule has 0 radical (unpaired) electrons. The second-order valence-corrected chi connectivity index (χ2v) is 17.2. The van der Waals surface area contributed by atoms with Crippen LogP contribution in [-0.2, 0) is 14.3 Å². The predicted molar refractivity (Wildman–Crippen MR) is 223 cm³/mol. The number of thioether (sulfide) groups is 1. The Bertz CT molecular complexity index is 1660. The Morgan fingerprint density at radius 3 is 2.41 bits per heavy atom. The average molecular weight is 793 g/mol. The summed E-state index contributed by atoms with van der Waals surface area (Å²) in [5, 5.41) is 24.5. The number of nitrogens with zero attached hydrogens (tertiary/aromatic N) is 2. The molecule has 2 aromatic carbocycles. The number of hydrogen-bond donors (Lipinski definition) is 2. The summed E-state index contributed by atoms with van der Waals surface area (Å²) in [6.07, 6.45) is 11.6. The summed E-state index contributed by atoms with van der Waals surface area (Å²) < 4.78 is 26.9. The molecule has 1 aliphatic heterocycles. The maximum Gasteiger partial charge on any atom is 0.410 e. The van der Waals surface area contributed by atoms with Gasteiger partial charge in [0.1, 0.15) is 29.9 Å². The van der Waals surface area contributed by atoms with E-state index < -0.39 is 23.8 Å². The normalized spacial score (nSPS) is 24.7. The summed E-state index contributed by atoms with van der Waals surface area (Å²) >= 11 is 1.68. The number of aliphatic hydroxyl groups excluding tert-OH is 2. The van der Waals surface area contributed by atoms with Gasteiger partial charge in [-0.05, 0) is 111 Å². The van der Waals surface area contributed by atoms with E-state index in [1.165, 1.54) is 0 Å². The fourth-order valence-corrected chi connectivity index (χ4v) is 9.02. The van der Waals surface area contributed by atoms with Gasteiger partial charge in [0.05, 0.1) is 24.8 Å². The number of fused-ring (bicyclic) bond motifs is 2. The Morgan fingerprint density at radius 2 is 1.77 bits per heavy atom. The summed E-state index contributed by atoms with van der Waals surface area (Å²) in [5.41, 5.74) is 2.54. The molecule has 1 fully saturated rings. The minimum Gasteiger partial charge on any atom is -0.459 e. The van der Waals surface area contributed by atoms with Gasteiger partial charge in [-0.2, -0.15) is 0 Å². The van der Waals surface area contributed by atoms with E-state index in [0.29, 0.717) is 50.3 Å². The molecule has 56 heavy (non-hydrogen) atoms. The maximum absolute atomic E-state index is 14.3. The van der Waals surface area contributed by atoms with Crippen LogP contribution in [0.4, 0.5) is 4.79 Å². The van der Waals surface area contributed by atoms with Crippen molar-refractivity contribution in [3.63, 3.8) is 0 Å². The van der Waals surface area contributed by atoms with Gasteiger partial charge in [0.25, 0.3) is 0 Å². The van der Waals surface area contributed by atoms with Crippen LogP contribution >= 0.6 is 11.8 Å². The molecule has 6 unspecified atom stereocenters. The molecule has 2 N–H and O–H groups in total. The van der Waals surface area contributed by atoms with Crippen LogP contribution in [0.2, 0.25) is 0 Å². The number of oxime groups is 1. The molecular formula is C45H64N2O8S. The number of rotatable bonds is 20. The quantitative estimate of drug-likeness (QED) is 0.0585. The number of aliphatic hydroxyl groups is 2. The monoisotopic (exact) mass is 792 g/mol. The van der Waals surface area contributed by atoms with Gasteiger partial charge in [-0.15, -0.1) is 18.3 Å². The molecule has 5 rings (SSSR count). The van der Waals surface area contributed by atoms with Crippen LogP contribution in [0.5, 0.6) is 17.2 Å². The van der Waals surface area contributed by atoms with E-state index in [9.17, 15) is 15.0 Å². The third-order valence-electron chi connectivity index (χ3n) is 10.9. The van der Waals surface area contributed by atoms with Crippen molar-refractivity contribution >= 4 is 23.6 Å². The SMILES string of the molecule is C=CCOC12Oc3ccc(Oc4ccc(SC)cc4)cc3C3C(CCCCO)C(CCCCO)C=C(C(=NOCC)CC1N(CCC)C(=O)OCC(C)(C)C)C32. The van der Waals surface area contributed by atoms with Crippen molar-refractivity contribution in [1.29, 1.82) is 0 Å². The first-order valence-electron chi connectivity index (χ1n) is 20.5. The van der Waals surface area contributed by atoms with Crippen molar-refractivity contribution in [3.05, 3.63) is 72.3 Å². The van der Waals surface area contributed by atoms with Crippen molar-refractivity contribution in [2.24, 2.45) is 28.3 Å². The van der Waals surface area contributed by atoms with Crippen molar-refractivity contribution in [2.45, 2.75) is 109 Å². The molecule has 0 spiro atoms. The van der Waals surface area contributed by atoms with Crippen LogP contribution in [0, 0.1) is 23.2 Å². The van der Waals surface area contributed by atoms with E-state index in [1.807, 2.05) is 52.0 Å². The van der Waals surface area contributed by atoms with Crippen molar-refractivity contribution in [1.82, 2.24) is 4.90 Å². The zero-order valence-corrected chi connectivity index (χ0v) is 35.2. The van der Waals surface area contributed by atoms with Crippen molar-refractivity contribution < 1.29 is 38.8 Å². The summed E-state index contributed by atoms with van der Waals surface area (Å²) in [6, 6.07) is 13.5. The smallest absolute Gasteiger partial charge is 0.410 e. The van der Waals surface area contributed by atoms with Gasteiger partial charge in [0.2, 0.25) is 5.79 Å². The Balaban J connectivity index is 1.75. The highest BCUT2D eigenvalue weighted by Gasteiger charge is 2.65. The molecular weight excluding hydrogens is 729 g/mol. The number of carbonyl (C=O) groups is 1.